The van der Waals surface area contributed by atoms with Crippen molar-refractivity contribution < 1.29 is 23.9 Å². The van der Waals surface area contributed by atoms with E-state index in [1.54, 1.807) is 0 Å². The Kier molecular flexibility index (Phi) is 10.3. The number of carbonyl (C=O) groups is 4. The van der Waals surface area contributed by atoms with Gasteiger partial charge in [-0.1, -0.05) is 25.6 Å². The molecule has 1 atom stereocenters. The normalized spacial score (nSPS) is 11.7. The third kappa shape index (κ3) is 8.02. The van der Waals surface area contributed by atoms with Crippen molar-refractivity contribution in [2.75, 3.05) is 19.4 Å². The zero-order valence-electron chi connectivity index (χ0n) is 13.4. The molecule has 2 amide bonds. The smallest absolute Gasteiger partial charge is 0.329 e. The highest BCUT2D eigenvalue weighted by Crippen LogP contribution is 2.08. The second-order valence-corrected chi connectivity index (χ2v) is 5.77. The van der Waals surface area contributed by atoms with Gasteiger partial charge in [0.15, 0.2) is 0 Å². The lowest BCUT2D eigenvalue weighted by atomic mass is 10.0. The molecule has 0 bridgehead atoms. The van der Waals surface area contributed by atoms with Crippen LogP contribution >= 0.6 is 11.8 Å². The summed E-state index contributed by atoms with van der Waals surface area (Å²) in [6.07, 6.45) is 1.44. The number of nitrogens with one attached hydrogen (secondary N) is 2. The van der Waals surface area contributed by atoms with Crippen molar-refractivity contribution in [3.8, 4) is 0 Å². The van der Waals surface area contributed by atoms with E-state index in [1.165, 1.54) is 14.0 Å². The summed E-state index contributed by atoms with van der Waals surface area (Å²) in [5.74, 6) is -1.18. The molecule has 0 saturated heterocycles. The summed E-state index contributed by atoms with van der Waals surface area (Å²) >= 11 is 0.870. The predicted octanol–water partition coefficient (Wildman–Crippen LogP) is 0.476. The first-order chi connectivity index (χ1) is 10.3. The van der Waals surface area contributed by atoms with Crippen LogP contribution in [-0.4, -0.2) is 48.3 Å². The van der Waals surface area contributed by atoms with Gasteiger partial charge >= 0.3 is 5.97 Å². The van der Waals surface area contributed by atoms with Crippen molar-refractivity contribution in [1.82, 2.24) is 10.6 Å². The largest absolute Gasteiger partial charge is 0.467 e. The van der Waals surface area contributed by atoms with Crippen molar-refractivity contribution in [1.29, 1.82) is 0 Å². The maximum atomic E-state index is 11.7. The van der Waals surface area contributed by atoms with Gasteiger partial charge in [0.2, 0.25) is 16.9 Å². The molecule has 0 saturated carbocycles. The Morgan fingerprint density at radius 2 is 1.73 bits per heavy atom. The fourth-order valence-corrected chi connectivity index (χ4v) is 2.49. The van der Waals surface area contributed by atoms with Gasteiger partial charge in [-0.15, -0.1) is 0 Å². The monoisotopic (exact) mass is 332 g/mol. The molecule has 0 spiro atoms. The zero-order chi connectivity index (χ0) is 17.1. The van der Waals surface area contributed by atoms with Crippen LogP contribution in [0, 0.1) is 5.92 Å². The molecule has 1 unspecified atom stereocenters. The SMILES string of the molecule is CCC(CC)C(=O)NCC(=O)SCC(NC(C)=O)C(=O)OC. The maximum Gasteiger partial charge on any atom is 0.329 e. The Morgan fingerprint density at radius 1 is 1.14 bits per heavy atom. The molecule has 0 fully saturated rings. The minimum atomic E-state index is -0.883. The van der Waals surface area contributed by atoms with E-state index in [4.69, 9.17) is 0 Å². The number of ether oxygens (including phenoxy) is 1. The minimum absolute atomic E-state index is 0.0614. The molecule has 0 heterocycles. The van der Waals surface area contributed by atoms with Crippen molar-refractivity contribution in [2.45, 2.75) is 39.7 Å². The molecule has 2 N–H and O–H groups in total. The number of methoxy groups -OCH3 is 1. The van der Waals surface area contributed by atoms with Crippen LogP contribution in [0.4, 0.5) is 0 Å². The lowest BCUT2D eigenvalue weighted by molar-refractivity contribution is -0.144. The van der Waals surface area contributed by atoms with Gasteiger partial charge in [0, 0.05) is 18.6 Å². The van der Waals surface area contributed by atoms with E-state index in [0.717, 1.165) is 24.6 Å². The van der Waals surface area contributed by atoms with E-state index in [9.17, 15) is 19.2 Å². The molecule has 0 aliphatic heterocycles. The zero-order valence-corrected chi connectivity index (χ0v) is 14.2. The lowest BCUT2D eigenvalue weighted by Crippen LogP contribution is -2.42. The summed E-state index contributed by atoms with van der Waals surface area (Å²) in [6, 6.07) is -0.883. The number of thioether (sulfide) groups is 1. The fraction of sp³-hybridized carbons (Fsp3) is 0.714. The van der Waals surface area contributed by atoms with Gasteiger partial charge in [-0.3, -0.25) is 14.4 Å². The van der Waals surface area contributed by atoms with Gasteiger partial charge < -0.3 is 15.4 Å². The summed E-state index contributed by atoms with van der Waals surface area (Å²) < 4.78 is 4.56. The van der Waals surface area contributed by atoms with Crippen molar-refractivity contribution in [3.63, 3.8) is 0 Å². The van der Waals surface area contributed by atoms with Gasteiger partial charge in [0.05, 0.1) is 13.7 Å². The third-order valence-electron chi connectivity index (χ3n) is 3.04. The van der Waals surface area contributed by atoms with Crippen LogP contribution in [0.15, 0.2) is 0 Å². The second kappa shape index (κ2) is 11.1. The molecule has 126 valence electrons. The molecule has 0 radical (unpaired) electrons. The summed E-state index contributed by atoms with van der Waals surface area (Å²) in [4.78, 5) is 45.9. The number of rotatable bonds is 9. The molecule has 7 nitrogen and oxygen atoms in total. The lowest BCUT2D eigenvalue weighted by Gasteiger charge is -2.15. The Labute approximate surface area is 134 Å². The van der Waals surface area contributed by atoms with E-state index >= 15 is 0 Å². The Morgan fingerprint density at radius 3 is 2.18 bits per heavy atom. The number of hydrogen-bond acceptors (Lipinski definition) is 6. The van der Waals surface area contributed by atoms with E-state index in [0.29, 0.717) is 0 Å². The summed E-state index contributed by atoms with van der Waals surface area (Å²) in [5, 5.41) is 4.71. The molecule has 0 aromatic heterocycles. The molecule has 0 aromatic carbocycles. The van der Waals surface area contributed by atoms with Crippen LogP contribution in [0.1, 0.15) is 33.6 Å². The summed E-state index contributed by atoms with van der Waals surface area (Å²) in [6.45, 7) is 5.00. The molecular weight excluding hydrogens is 308 g/mol. The van der Waals surface area contributed by atoms with Crippen molar-refractivity contribution in [3.05, 3.63) is 0 Å². The molecule has 0 rings (SSSR count). The average Bonchev–Trinajstić information content (AvgIpc) is 2.49. The first-order valence-electron chi connectivity index (χ1n) is 7.13. The first kappa shape index (κ1) is 20.4. The highest BCUT2D eigenvalue weighted by atomic mass is 32.2. The Hall–Kier alpha value is -1.57. The third-order valence-corrected chi connectivity index (χ3v) is 4.00. The van der Waals surface area contributed by atoms with Gasteiger partial charge in [-0.25, -0.2) is 4.79 Å². The number of esters is 1. The summed E-state index contributed by atoms with van der Waals surface area (Å²) in [5.41, 5.74) is 0. The van der Waals surface area contributed by atoms with Crippen molar-refractivity contribution >= 4 is 34.7 Å². The quantitative estimate of drug-likeness (QED) is 0.595. The Bertz CT molecular complexity index is 410. The molecule has 0 aromatic rings. The number of hydrogen-bond donors (Lipinski definition) is 2. The van der Waals surface area contributed by atoms with Crippen LogP contribution < -0.4 is 10.6 Å². The summed E-state index contributed by atoms with van der Waals surface area (Å²) in [7, 11) is 1.21. The van der Waals surface area contributed by atoms with E-state index in [-0.39, 0.29) is 35.1 Å². The molecule has 8 heteroatoms. The average molecular weight is 332 g/mol. The van der Waals surface area contributed by atoms with E-state index in [1.807, 2.05) is 13.8 Å². The van der Waals surface area contributed by atoms with Crippen molar-refractivity contribution in [2.24, 2.45) is 5.92 Å². The van der Waals surface area contributed by atoms with Crippen LogP contribution in [0.2, 0.25) is 0 Å². The number of carbonyl (C=O) groups excluding carboxylic acids is 4. The highest BCUT2D eigenvalue weighted by molar-refractivity contribution is 8.13. The highest BCUT2D eigenvalue weighted by Gasteiger charge is 2.22. The van der Waals surface area contributed by atoms with Gasteiger partial charge in [0.25, 0.3) is 0 Å². The van der Waals surface area contributed by atoms with Gasteiger partial charge in [0.1, 0.15) is 6.04 Å². The standard InChI is InChI=1S/C14H24N2O5S/c1-5-10(6-2)13(19)15-7-12(18)22-8-11(14(20)21-4)16-9(3)17/h10-11H,5-8H2,1-4H3,(H,15,19)(H,16,17). The molecule has 22 heavy (non-hydrogen) atoms. The topological polar surface area (TPSA) is 102 Å². The van der Waals surface area contributed by atoms with E-state index < -0.39 is 12.0 Å². The maximum absolute atomic E-state index is 11.7. The van der Waals surface area contributed by atoms with Crippen LogP contribution in [-0.2, 0) is 23.9 Å². The van der Waals surface area contributed by atoms with Crippen LogP contribution in [0.25, 0.3) is 0 Å². The first-order valence-corrected chi connectivity index (χ1v) is 8.12. The van der Waals surface area contributed by atoms with Gasteiger partial charge in [-0.05, 0) is 12.8 Å². The molecule has 0 aliphatic rings. The number of amides is 2. The molecular formula is C14H24N2O5S. The Balaban J connectivity index is 4.27. The molecule has 0 aliphatic carbocycles. The second-order valence-electron chi connectivity index (χ2n) is 4.69. The fourth-order valence-electron chi connectivity index (χ4n) is 1.75. The minimum Gasteiger partial charge on any atom is -0.467 e. The predicted molar refractivity (Wildman–Crippen MR) is 84.2 cm³/mol. The van der Waals surface area contributed by atoms with E-state index in [2.05, 4.69) is 15.4 Å². The van der Waals surface area contributed by atoms with Gasteiger partial charge in [-0.2, -0.15) is 0 Å². The van der Waals surface area contributed by atoms with Crippen LogP contribution in [0.3, 0.4) is 0 Å². The van der Waals surface area contributed by atoms with Crippen LogP contribution in [0.5, 0.6) is 0 Å².